The van der Waals surface area contributed by atoms with E-state index in [1.165, 1.54) is 7.11 Å². The van der Waals surface area contributed by atoms with Gasteiger partial charge in [0.2, 0.25) is 0 Å². The van der Waals surface area contributed by atoms with Crippen molar-refractivity contribution in [2.24, 2.45) is 0 Å². The summed E-state index contributed by atoms with van der Waals surface area (Å²) in [5.74, 6) is -0.332. The van der Waals surface area contributed by atoms with Gasteiger partial charge in [-0.25, -0.2) is 4.79 Å². The summed E-state index contributed by atoms with van der Waals surface area (Å²) in [4.78, 5) is 26.6. The maximum Gasteiger partial charge on any atom is 0.337 e. The summed E-state index contributed by atoms with van der Waals surface area (Å²) in [5.41, 5.74) is 1.08. The molecule has 4 rings (SSSR count). The van der Waals surface area contributed by atoms with E-state index in [0.717, 1.165) is 25.7 Å². The standard InChI is InChI=1S/C19H21N3O3/c1-25-19(24)14-5-3-13(4-6-14)18(23)22-15-7-8-16(22)12-17(11-15)21-10-2-9-20-21/h2-6,9-10,15-17H,7-8,11-12H2,1H3. The van der Waals surface area contributed by atoms with Crippen LogP contribution in [0.3, 0.4) is 0 Å². The Labute approximate surface area is 146 Å². The highest BCUT2D eigenvalue weighted by molar-refractivity contribution is 5.96. The Morgan fingerprint density at radius 2 is 1.68 bits per heavy atom. The smallest absolute Gasteiger partial charge is 0.337 e. The van der Waals surface area contributed by atoms with Crippen LogP contribution in [0.1, 0.15) is 52.4 Å². The van der Waals surface area contributed by atoms with Crippen LogP contribution in [-0.4, -0.2) is 45.8 Å². The average molecular weight is 339 g/mol. The minimum absolute atomic E-state index is 0.0582. The highest BCUT2D eigenvalue weighted by atomic mass is 16.5. The van der Waals surface area contributed by atoms with Crippen LogP contribution in [0.5, 0.6) is 0 Å². The highest BCUT2D eigenvalue weighted by Gasteiger charge is 2.44. The predicted octanol–water partition coefficient (Wildman–Crippen LogP) is 2.68. The Balaban J connectivity index is 1.51. The normalized spacial score (nSPS) is 25.0. The van der Waals surface area contributed by atoms with E-state index in [0.29, 0.717) is 17.2 Å². The van der Waals surface area contributed by atoms with Gasteiger partial charge in [0.1, 0.15) is 0 Å². The Kier molecular flexibility index (Phi) is 4.03. The monoisotopic (exact) mass is 339 g/mol. The van der Waals surface area contributed by atoms with Crippen molar-refractivity contribution in [1.82, 2.24) is 14.7 Å². The fourth-order valence-electron chi connectivity index (χ4n) is 4.21. The van der Waals surface area contributed by atoms with Crippen molar-refractivity contribution in [2.75, 3.05) is 7.11 Å². The molecule has 130 valence electrons. The molecule has 6 nitrogen and oxygen atoms in total. The van der Waals surface area contributed by atoms with Gasteiger partial charge in [-0.3, -0.25) is 9.48 Å². The number of hydrogen-bond donors (Lipinski definition) is 0. The van der Waals surface area contributed by atoms with E-state index in [1.807, 2.05) is 28.0 Å². The zero-order valence-electron chi connectivity index (χ0n) is 14.2. The molecule has 1 amide bonds. The predicted molar refractivity (Wildman–Crippen MR) is 91.3 cm³/mol. The highest BCUT2D eigenvalue weighted by Crippen LogP contribution is 2.41. The molecule has 0 N–H and O–H groups in total. The summed E-state index contributed by atoms with van der Waals surface area (Å²) < 4.78 is 6.73. The molecule has 2 aromatic rings. The molecule has 25 heavy (non-hydrogen) atoms. The van der Waals surface area contributed by atoms with Gasteiger partial charge in [-0.05, 0) is 56.0 Å². The first-order chi connectivity index (χ1) is 12.2. The van der Waals surface area contributed by atoms with E-state index in [-0.39, 0.29) is 24.0 Å². The van der Waals surface area contributed by atoms with Crippen LogP contribution in [0.2, 0.25) is 0 Å². The number of amides is 1. The molecule has 6 heteroatoms. The summed E-state index contributed by atoms with van der Waals surface area (Å²) in [6.45, 7) is 0. The zero-order chi connectivity index (χ0) is 17.4. The Morgan fingerprint density at radius 1 is 1.04 bits per heavy atom. The zero-order valence-corrected chi connectivity index (χ0v) is 14.2. The van der Waals surface area contributed by atoms with Gasteiger partial charge in [-0.1, -0.05) is 0 Å². The van der Waals surface area contributed by atoms with Crippen molar-refractivity contribution in [1.29, 1.82) is 0 Å². The van der Waals surface area contributed by atoms with Gasteiger partial charge < -0.3 is 9.64 Å². The number of esters is 1. The van der Waals surface area contributed by atoms with Crippen molar-refractivity contribution < 1.29 is 14.3 Å². The van der Waals surface area contributed by atoms with Crippen molar-refractivity contribution in [3.8, 4) is 0 Å². The molecule has 1 aromatic heterocycles. The maximum absolute atomic E-state index is 13.0. The summed E-state index contributed by atoms with van der Waals surface area (Å²) >= 11 is 0. The molecular weight excluding hydrogens is 318 g/mol. The van der Waals surface area contributed by atoms with Crippen LogP contribution in [0.25, 0.3) is 0 Å². The van der Waals surface area contributed by atoms with E-state index in [2.05, 4.69) is 5.10 Å². The van der Waals surface area contributed by atoms with Crippen LogP contribution in [0, 0.1) is 0 Å². The first-order valence-electron chi connectivity index (χ1n) is 8.67. The maximum atomic E-state index is 13.0. The molecule has 2 saturated heterocycles. The van der Waals surface area contributed by atoms with Crippen LogP contribution >= 0.6 is 0 Å². The van der Waals surface area contributed by atoms with Gasteiger partial charge in [0.25, 0.3) is 5.91 Å². The molecule has 2 aliphatic rings. The number of fused-ring (bicyclic) bond motifs is 2. The number of carbonyl (C=O) groups excluding carboxylic acids is 2. The number of rotatable bonds is 3. The van der Waals surface area contributed by atoms with E-state index < -0.39 is 0 Å². The largest absolute Gasteiger partial charge is 0.465 e. The molecule has 2 unspecified atom stereocenters. The fraction of sp³-hybridized carbons (Fsp3) is 0.421. The second-order valence-corrected chi connectivity index (χ2v) is 6.78. The van der Waals surface area contributed by atoms with Gasteiger partial charge >= 0.3 is 5.97 Å². The molecule has 1 aromatic carbocycles. The second-order valence-electron chi connectivity index (χ2n) is 6.78. The van der Waals surface area contributed by atoms with E-state index in [4.69, 9.17) is 4.74 Å². The Morgan fingerprint density at radius 3 is 2.24 bits per heavy atom. The van der Waals surface area contributed by atoms with Crippen molar-refractivity contribution in [2.45, 2.75) is 43.8 Å². The Hall–Kier alpha value is -2.63. The van der Waals surface area contributed by atoms with Gasteiger partial charge in [0.05, 0.1) is 18.7 Å². The van der Waals surface area contributed by atoms with Gasteiger partial charge in [-0.15, -0.1) is 0 Å². The van der Waals surface area contributed by atoms with E-state index >= 15 is 0 Å². The lowest BCUT2D eigenvalue weighted by Crippen LogP contribution is -2.47. The lowest BCUT2D eigenvalue weighted by atomic mass is 9.96. The molecule has 0 radical (unpaired) electrons. The second kappa shape index (κ2) is 6.35. The molecule has 2 bridgehead atoms. The number of hydrogen-bond acceptors (Lipinski definition) is 4. The molecule has 3 heterocycles. The summed E-state index contributed by atoms with van der Waals surface area (Å²) in [7, 11) is 1.35. The van der Waals surface area contributed by atoms with Crippen LogP contribution in [-0.2, 0) is 4.74 Å². The number of ether oxygens (including phenoxy) is 1. The molecule has 2 fully saturated rings. The minimum Gasteiger partial charge on any atom is -0.465 e. The molecule has 0 spiro atoms. The summed E-state index contributed by atoms with van der Waals surface area (Å²) in [6, 6.07) is 9.58. The number of nitrogens with zero attached hydrogens (tertiary/aromatic N) is 3. The third kappa shape index (κ3) is 2.81. The number of aromatic nitrogens is 2. The van der Waals surface area contributed by atoms with Crippen LogP contribution in [0.15, 0.2) is 42.7 Å². The topological polar surface area (TPSA) is 64.4 Å². The first-order valence-corrected chi connectivity index (χ1v) is 8.67. The van der Waals surface area contributed by atoms with Crippen molar-refractivity contribution in [3.05, 3.63) is 53.9 Å². The number of methoxy groups -OCH3 is 1. The lowest BCUT2D eigenvalue weighted by molar-refractivity contribution is 0.0522. The van der Waals surface area contributed by atoms with Gasteiger partial charge in [0.15, 0.2) is 0 Å². The quantitative estimate of drug-likeness (QED) is 0.807. The number of carbonyl (C=O) groups is 2. The molecule has 0 saturated carbocycles. The average Bonchev–Trinajstić information content (AvgIpc) is 3.27. The number of benzene rings is 1. The molecule has 0 aliphatic carbocycles. The van der Waals surface area contributed by atoms with Crippen LogP contribution < -0.4 is 0 Å². The van der Waals surface area contributed by atoms with E-state index in [9.17, 15) is 9.59 Å². The SMILES string of the molecule is COC(=O)c1ccc(C(=O)N2C3CCC2CC(n2cccn2)C3)cc1. The third-order valence-corrected chi connectivity index (χ3v) is 5.39. The summed E-state index contributed by atoms with van der Waals surface area (Å²) in [6.07, 6.45) is 7.81. The first kappa shape index (κ1) is 15.9. The van der Waals surface area contributed by atoms with Crippen molar-refractivity contribution >= 4 is 11.9 Å². The van der Waals surface area contributed by atoms with Gasteiger partial charge in [0, 0.05) is 30.0 Å². The Bertz CT molecular complexity index is 756. The fourth-order valence-corrected chi connectivity index (χ4v) is 4.21. The third-order valence-electron chi connectivity index (χ3n) is 5.39. The van der Waals surface area contributed by atoms with Gasteiger partial charge in [-0.2, -0.15) is 5.10 Å². The summed E-state index contributed by atoms with van der Waals surface area (Å²) in [5, 5.41) is 4.37. The lowest BCUT2D eigenvalue weighted by Gasteiger charge is -2.39. The van der Waals surface area contributed by atoms with Crippen molar-refractivity contribution in [3.63, 3.8) is 0 Å². The van der Waals surface area contributed by atoms with E-state index in [1.54, 1.807) is 24.3 Å². The number of piperidine rings is 1. The van der Waals surface area contributed by atoms with Crippen LogP contribution in [0.4, 0.5) is 0 Å². The molecule has 2 aliphatic heterocycles. The molecule has 2 atom stereocenters. The minimum atomic E-state index is -0.390. The molecular formula is C19H21N3O3.